The van der Waals surface area contributed by atoms with E-state index in [1.54, 1.807) is 19.9 Å². The van der Waals surface area contributed by atoms with Crippen LogP contribution in [0.4, 0.5) is 10.1 Å². The molecule has 0 spiro atoms. The summed E-state index contributed by atoms with van der Waals surface area (Å²) < 4.78 is 40.0. The average molecular weight is 385 g/mol. The molecule has 0 heterocycles. The molecule has 0 aliphatic rings. The van der Waals surface area contributed by atoms with Crippen LogP contribution in [0.3, 0.4) is 0 Å². The lowest BCUT2D eigenvalue weighted by molar-refractivity contribution is 0.102. The predicted molar refractivity (Wildman–Crippen MR) is 95.9 cm³/mol. The Kier molecular flexibility index (Phi) is 5.82. The molecule has 0 aromatic heterocycles. The molecule has 0 radical (unpaired) electrons. The van der Waals surface area contributed by atoms with Gasteiger partial charge in [0.2, 0.25) is 10.0 Å². The van der Waals surface area contributed by atoms with E-state index in [-0.39, 0.29) is 27.2 Å². The van der Waals surface area contributed by atoms with E-state index in [1.807, 2.05) is 0 Å². The van der Waals surface area contributed by atoms with E-state index >= 15 is 0 Å². The van der Waals surface area contributed by atoms with Gasteiger partial charge in [0.15, 0.2) is 0 Å². The van der Waals surface area contributed by atoms with E-state index in [4.69, 9.17) is 11.6 Å². The van der Waals surface area contributed by atoms with Crippen molar-refractivity contribution >= 4 is 33.2 Å². The summed E-state index contributed by atoms with van der Waals surface area (Å²) in [4.78, 5) is 12.3. The fourth-order valence-electron chi connectivity index (χ4n) is 2.03. The number of hydrogen-bond donors (Lipinski definition) is 1. The first-order valence-corrected chi connectivity index (χ1v) is 9.30. The summed E-state index contributed by atoms with van der Waals surface area (Å²) in [6.45, 7) is 3.47. The van der Waals surface area contributed by atoms with E-state index in [2.05, 4.69) is 5.32 Å². The Hall–Kier alpha value is -1.96. The van der Waals surface area contributed by atoms with E-state index in [9.17, 15) is 17.6 Å². The van der Waals surface area contributed by atoms with Crippen LogP contribution in [0, 0.1) is 5.82 Å². The number of amides is 1. The van der Waals surface area contributed by atoms with Gasteiger partial charge in [-0.15, -0.1) is 0 Å². The Balaban J connectivity index is 2.40. The van der Waals surface area contributed by atoms with Gasteiger partial charge in [0, 0.05) is 13.1 Å². The highest BCUT2D eigenvalue weighted by Crippen LogP contribution is 2.24. The van der Waals surface area contributed by atoms with Crippen molar-refractivity contribution in [2.24, 2.45) is 0 Å². The van der Waals surface area contributed by atoms with Crippen molar-refractivity contribution in [1.82, 2.24) is 4.31 Å². The SMILES string of the molecule is CC(C)N(C)S(=O)(=O)c1ccc(Cl)c(C(=O)Nc2ccccc2F)c1. The minimum absolute atomic E-state index is 0.0175. The lowest BCUT2D eigenvalue weighted by Crippen LogP contribution is -2.33. The molecule has 8 heteroatoms. The van der Waals surface area contributed by atoms with Gasteiger partial charge in [-0.3, -0.25) is 4.79 Å². The predicted octanol–water partition coefficient (Wildman–Crippen LogP) is 3.76. The standard InChI is InChI=1S/C17H18ClFN2O3S/c1-11(2)21(3)25(23,24)12-8-9-14(18)13(10-12)17(22)20-16-7-5-4-6-15(16)19/h4-11H,1-3H3,(H,20,22). The van der Waals surface area contributed by atoms with E-state index < -0.39 is 21.7 Å². The van der Waals surface area contributed by atoms with Crippen molar-refractivity contribution in [3.63, 3.8) is 0 Å². The minimum Gasteiger partial charge on any atom is -0.319 e. The zero-order valence-corrected chi connectivity index (χ0v) is 15.5. The Morgan fingerprint density at radius 2 is 1.84 bits per heavy atom. The highest BCUT2D eigenvalue weighted by Gasteiger charge is 2.25. The quantitative estimate of drug-likeness (QED) is 0.853. The number of nitrogens with one attached hydrogen (secondary N) is 1. The molecule has 0 saturated heterocycles. The zero-order chi connectivity index (χ0) is 18.8. The number of rotatable bonds is 5. The third-order valence-electron chi connectivity index (χ3n) is 3.71. The maximum Gasteiger partial charge on any atom is 0.257 e. The van der Waals surface area contributed by atoms with Gasteiger partial charge >= 0.3 is 0 Å². The molecule has 0 fully saturated rings. The third kappa shape index (κ3) is 4.18. The molecule has 1 amide bonds. The normalized spacial score (nSPS) is 11.8. The summed E-state index contributed by atoms with van der Waals surface area (Å²) in [6.07, 6.45) is 0. The molecule has 2 rings (SSSR count). The summed E-state index contributed by atoms with van der Waals surface area (Å²) in [5, 5.41) is 2.46. The summed E-state index contributed by atoms with van der Waals surface area (Å²) >= 11 is 6.03. The number of hydrogen-bond acceptors (Lipinski definition) is 3. The highest BCUT2D eigenvalue weighted by atomic mass is 35.5. The number of benzene rings is 2. The number of sulfonamides is 1. The topological polar surface area (TPSA) is 66.5 Å². The second kappa shape index (κ2) is 7.51. The van der Waals surface area contributed by atoms with Gasteiger partial charge in [-0.1, -0.05) is 23.7 Å². The van der Waals surface area contributed by atoms with Crippen LogP contribution in [0.15, 0.2) is 47.4 Å². The molecule has 2 aromatic carbocycles. The van der Waals surface area contributed by atoms with Crippen LogP contribution in [0.1, 0.15) is 24.2 Å². The molecule has 0 atom stereocenters. The van der Waals surface area contributed by atoms with Gasteiger partial charge in [0.05, 0.1) is 21.2 Å². The molecule has 2 aromatic rings. The monoisotopic (exact) mass is 384 g/mol. The van der Waals surface area contributed by atoms with Crippen molar-refractivity contribution in [3.8, 4) is 0 Å². The van der Waals surface area contributed by atoms with Crippen molar-refractivity contribution in [2.45, 2.75) is 24.8 Å². The Morgan fingerprint density at radius 3 is 2.44 bits per heavy atom. The molecule has 134 valence electrons. The van der Waals surface area contributed by atoms with Crippen molar-refractivity contribution in [2.75, 3.05) is 12.4 Å². The lowest BCUT2D eigenvalue weighted by Gasteiger charge is -2.21. The van der Waals surface area contributed by atoms with Crippen LogP contribution in [-0.2, 0) is 10.0 Å². The average Bonchev–Trinajstić information content (AvgIpc) is 2.56. The first-order chi connectivity index (χ1) is 11.6. The van der Waals surface area contributed by atoms with E-state index in [1.165, 1.54) is 47.8 Å². The molecular formula is C17H18ClFN2O3S. The number of nitrogens with zero attached hydrogens (tertiary/aromatic N) is 1. The Bertz CT molecular complexity index is 901. The summed E-state index contributed by atoms with van der Waals surface area (Å²) in [5.74, 6) is -1.30. The van der Waals surface area contributed by atoms with Gasteiger partial charge in [-0.05, 0) is 44.2 Å². The Morgan fingerprint density at radius 1 is 1.20 bits per heavy atom. The molecule has 0 saturated carbocycles. The van der Waals surface area contributed by atoms with E-state index in [0.29, 0.717) is 0 Å². The second-order valence-electron chi connectivity index (χ2n) is 5.69. The van der Waals surface area contributed by atoms with Gasteiger partial charge in [0.25, 0.3) is 5.91 Å². The van der Waals surface area contributed by atoms with Crippen LogP contribution >= 0.6 is 11.6 Å². The molecule has 0 bridgehead atoms. The number of anilines is 1. The van der Waals surface area contributed by atoms with Gasteiger partial charge in [-0.2, -0.15) is 4.31 Å². The van der Waals surface area contributed by atoms with Gasteiger partial charge in [-0.25, -0.2) is 12.8 Å². The van der Waals surface area contributed by atoms with Crippen LogP contribution < -0.4 is 5.32 Å². The molecular weight excluding hydrogens is 367 g/mol. The van der Waals surface area contributed by atoms with Crippen molar-refractivity contribution < 1.29 is 17.6 Å². The zero-order valence-electron chi connectivity index (χ0n) is 14.0. The lowest BCUT2D eigenvalue weighted by atomic mass is 10.2. The Labute approximate surface area is 151 Å². The number of halogens is 2. The maximum atomic E-state index is 13.7. The summed E-state index contributed by atoms with van der Waals surface area (Å²) in [7, 11) is -2.32. The van der Waals surface area contributed by atoms with Crippen molar-refractivity contribution in [3.05, 3.63) is 58.9 Å². The fraction of sp³-hybridized carbons (Fsp3) is 0.235. The van der Waals surface area contributed by atoms with Crippen molar-refractivity contribution in [1.29, 1.82) is 0 Å². The van der Waals surface area contributed by atoms with Crippen LogP contribution in [-0.4, -0.2) is 31.7 Å². The van der Waals surface area contributed by atoms with Gasteiger partial charge in [0.1, 0.15) is 5.82 Å². The smallest absolute Gasteiger partial charge is 0.257 e. The van der Waals surface area contributed by atoms with E-state index in [0.717, 1.165) is 0 Å². The van der Waals surface area contributed by atoms with Crippen LogP contribution in [0.5, 0.6) is 0 Å². The maximum absolute atomic E-state index is 13.7. The fourth-order valence-corrected chi connectivity index (χ4v) is 3.63. The molecule has 1 N–H and O–H groups in total. The largest absolute Gasteiger partial charge is 0.319 e. The number of carbonyl (C=O) groups excluding carboxylic acids is 1. The molecule has 0 unspecified atom stereocenters. The second-order valence-corrected chi connectivity index (χ2v) is 8.10. The third-order valence-corrected chi connectivity index (χ3v) is 6.07. The highest BCUT2D eigenvalue weighted by molar-refractivity contribution is 7.89. The summed E-state index contributed by atoms with van der Waals surface area (Å²) in [5.41, 5.74) is -0.0701. The molecule has 0 aliphatic heterocycles. The van der Waals surface area contributed by atoms with Crippen LogP contribution in [0.25, 0.3) is 0 Å². The first kappa shape index (κ1) is 19.4. The molecule has 25 heavy (non-hydrogen) atoms. The first-order valence-electron chi connectivity index (χ1n) is 7.48. The number of para-hydroxylation sites is 1. The molecule has 5 nitrogen and oxygen atoms in total. The summed E-state index contributed by atoms with van der Waals surface area (Å²) in [6, 6.07) is 9.26. The molecule has 0 aliphatic carbocycles. The van der Waals surface area contributed by atoms with Gasteiger partial charge < -0.3 is 5.32 Å². The number of carbonyl (C=O) groups is 1. The van der Waals surface area contributed by atoms with Crippen LogP contribution in [0.2, 0.25) is 5.02 Å². The minimum atomic E-state index is -3.77.